The number of nitrogens with one attached hydrogen (secondary N) is 2. The highest BCUT2D eigenvalue weighted by Gasteiger charge is 2.05. The van der Waals surface area contributed by atoms with Gasteiger partial charge < -0.3 is 15.4 Å². The maximum Gasteiger partial charge on any atom is 0.337 e. The molecule has 2 aromatic rings. The Kier molecular flexibility index (Phi) is 4.93. The molecule has 2 rings (SSSR count). The standard InChI is InChI=1S/C16H16N2O3/c1-21-15(19)13-9-7-12(8-10-13)11-17-16(20)18-14-5-3-2-4-6-14/h2-10H,11H2,1H3,(H2,17,18,20). The Hall–Kier alpha value is -2.82. The van der Waals surface area contributed by atoms with Crippen LogP contribution in [-0.2, 0) is 11.3 Å². The lowest BCUT2D eigenvalue weighted by Gasteiger charge is -2.08. The van der Waals surface area contributed by atoms with Crippen molar-refractivity contribution < 1.29 is 14.3 Å². The molecule has 5 heteroatoms. The Morgan fingerprint density at radius 3 is 2.29 bits per heavy atom. The number of anilines is 1. The smallest absolute Gasteiger partial charge is 0.337 e. The molecule has 0 radical (unpaired) electrons. The first kappa shape index (κ1) is 14.6. The lowest BCUT2D eigenvalue weighted by Crippen LogP contribution is -2.28. The van der Waals surface area contributed by atoms with Crippen LogP contribution in [0.1, 0.15) is 15.9 Å². The van der Waals surface area contributed by atoms with Crippen LogP contribution in [0.4, 0.5) is 10.5 Å². The molecule has 0 heterocycles. The van der Waals surface area contributed by atoms with Gasteiger partial charge in [-0.2, -0.15) is 0 Å². The third-order valence-electron chi connectivity index (χ3n) is 2.86. The summed E-state index contributed by atoms with van der Waals surface area (Å²) in [6.45, 7) is 0.375. The van der Waals surface area contributed by atoms with E-state index in [9.17, 15) is 9.59 Å². The van der Waals surface area contributed by atoms with E-state index in [0.29, 0.717) is 12.1 Å². The second-order valence-electron chi connectivity index (χ2n) is 4.36. The number of esters is 1. The van der Waals surface area contributed by atoms with E-state index < -0.39 is 0 Å². The van der Waals surface area contributed by atoms with Crippen LogP contribution in [-0.4, -0.2) is 19.1 Å². The van der Waals surface area contributed by atoms with Crippen LogP contribution in [0.2, 0.25) is 0 Å². The molecule has 5 nitrogen and oxygen atoms in total. The Labute approximate surface area is 122 Å². The zero-order valence-electron chi connectivity index (χ0n) is 11.6. The number of urea groups is 1. The van der Waals surface area contributed by atoms with Gasteiger partial charge in [0.1, 0.15) is 0 Å². The summed E-state index contributed by atoms with van der Waals surface area (Å²) in [6, 6.07) is 15.8. The molecular formula is C16H16N2O3. The van der Waals surface area contributed by atoms with Crippen molar-refractivity contribution in [2.75, 3.05) is 12.4 Å². The van der Waals surface area contributed by atoms with Crippen LogP contribution < -0.4 is 10.6 Å². The minimum Gasteiger partial charge on any atom is -0.465 e. The summed E-state index contributed by atoms with van der Waals surface area (Å²) in [7, 11) is 1.34. The van der Waals surface area contributed by atoms with Crippen LogP contribution in [0.5, 0.6) is 0 Å². The molecule has 0 aromatic heterocycles. The van der Waals surface area contributed by atoms with Crippen LogP contribution in [0.15, 0.2) is 54.6 Å². The van der Waals surface area contributed by atoms with Gasteiger partial charge in [0.2, 0.25) is 0 Å². The Morgan fingerprint density at radius 1 is 1.00 bits per heavy atom. The third-order valence-corrected chi connectivity index (χ3v) is 2.86. The summed E-state index contributed by atoms with van der Waals surface area (Å²) in [5, 5.41) is 5.47. The maximum atomic E-state index is 11.7. The second-order valence-corrected chi connectivity index (χ2v) is 4.36. The van der Waals surface area contributed by atoms with E-state index in [4.69, 9.17) is 0 Å². The molecule has 0 saturated heterocycles. The fourth-order valence-corrected chi connectivity index (χ4v) is 1.76. The minimum absolute atomic E-state index is 0.279. The predicted molar refractivity (Wildman–Crippen MR) is 80.1 cm³/mol. The van der Waals surface area contributed by atoms with Crippen molar-refractivity contribution in [2.24, 2.45) is 0 Å². The monoisotopic (exact) mass is 284 g/mol. The first-order valence-electron chi connectivity index (χ1n) is 6.46. The number of benzene rings is 2. The van der Waals surface area contributed by atoms with E-state index >= 15 is 0 Å². The van der Waals surface area contributed by atoms with Crippen molar-refractivity contribution in [3.8, 4) is 0 Å². The van der Waals surface area contributed by atoms with Gasteiger partial charge in [-0.3, -0.25) is 0 Å². The fraction of sp³-hybridized carbons (Fsp3) is 0.125. The molecule has 0 fully saturated rings. The number of hydrogen-bond donors (Lipinski definition) is 2. The lowest BCUT2D eigenvalue weighted by atomic mass is 10.1. The quantitative estimate of drug-likeness (QED) is 0.848. The number of carbonyl (C=O) groups excluding carboxylic acids is 2. The van der Waals surface area contributed by atoms with E-state index in [-0.39, 0.29) is 12.0 Å². The molecule has 2 N–H and O–H groups in total. The van der Waals surface area contributed by atoms with Gasteiger partial charge in [0, 0.05) is 12.2 Å². The molecule has 21 heavy (non-hydrogen) atoms. The Morgan fingerprint density at radius 2 is 1.67 bits per heavy atom. The van der Waals surface area contributed by atoms with Gasteiger partial charge in [0.25, 0.3) is 0 Å². The summed E-state index contributed by atoms with van der Waals surface area (Å²) in [4.78, 5) is 23.0. The molecule has 0 aliphatic heterocycles. The largest absolute Gasteiger partial charge is 0.465 e. The van der Waals surface area contributed by atoms with Gasteiger partial charge in [-0.25, -0.2) is 9.59 Å². The lowest BCUT2D eigenvalue weighted by molar-refractivity contribution is 0.0600. The van der Waals surface area contributed by atoms with Crippen molar-refractivity contribution in [2.45, 2.75) is 6.54 Å². The summed E-state index contributed by atoms with van der Waals surface area (Å²) in [6.07, 6.45) is 0. The predicted octanol–water partition coefficient (Wildman–Crippen LogP) is 2.79. The molecule has 0 aliphatic rings. The molecule has 0 spiro atoms. The summed E-state index contributed by atoms with van der Waals surface area (Å²) in [5.74, 6) is -0.378. The number of carbonyl (C=O) groups is 2. The van der Waals surface area contributed by atoms with Crippen molar-refractivity contribution in [1.29, 1.82) is 0 Å². The van der Waals surface area contributed by atoms with Crippen LogP contribution in [0.3, 0.4) is 0 Å². The Balaban J connectivity index is 1.85. The average molecular weight is 284 g/mol. The van der Waals surface area contributed by atoms with Gasteiger partial charge in [0.05, 0.1) is 12.7 Å². The van der Waals surface area contributed by atoms with Crippen LogP contribution >= 0.6 is 0 Å². The normalized spacial score (nSPS) is 9.76. The fourth-order valence-electron chi connectivity index (χ4n) is 1.76. The molecular weight excluding hydrogens is 268 g/mol. The minimum atomic E-state index is -0.378. The van der Waals surface area contributed by atoms with E-state index in [0.717, 1.165) is 11.3 Å². The van der Waals surface area contributed by atoms with E-state index in [1.807, 2.05) is 30.3 Å². The van der Waals surface area contributed by atoms with Gasteiger partial charge in [0.15, 0.2) is 0 Å². The molecule has 2 amide bonds. The number of hydrogen-bond acceptors (Lipinski definition) is 3. The van der Waals surface area contributed by atoms with Crippen molar-refractivity contribution in [1.82, 2.24) is 5.32 Å². The number of amides is 2. The van der Waals surface area contributed by atoms with Gasteiger partial charge in [-0.15, -0.1) is 0 Å². The van der Waals surface area contributed by atoms with Crippen LogP contribution in [0.25, 0.3) is 0 Å². The zero-order valence-corrected chi connectivity index (χ0v) is 11.6. The molecule has 0 aliphatic carbocycles. The Bertz CT molecular complexity index is 609. The van der Waals surface area contributed by atoms with E-state index in [1.54, 1.807) is 24.3 Å². The highest BCUT2D eigenvalue weighted by Crippen LogP contribution is 2.07. The van der Waals surface area contributed by atoms with Crippen molar-refractivity contribution >= 4 is 17.7 Å². The van der Waals surface area contributed by atoms with Gasteiger partial charge in [-0.05, 0) is 29.8 Å². The van der Waals surface area contributed by atoms with Gasteiger partial charge >= 0.3 is 12.0 Å². The molecule has 0 bridgehead atoms. The number of ether oxygens (including phenoxy) is 1. The first-order valence-corrected chi connectivity index (χ1v) is 6.46. The third kappa shape index (κ3) is 4.35. The molecule has 0 unspecified atom stereocenters. The highest BCUT2D eigenvalue weighted by molar-refractivity contribution is 5.90. The molecule has 108 valence electrons. The maximum absolute atomic E-state index is 11.7. The zero-order chi connectivity index (χ0) is 15.1. The SMILES string of the molecule is COC(=O)c1ccc(CNC(=O)Nc2ccccc2)cc1. The highest BCUT2D eigenvalue weighted by atomic mass is 16.5. The average Bonchev–Trinajstić information content (AvgIpc) is 2.53. The molecule has 2 aromatic carbocycles. The second kappa shape index (κ2) is 7.09. The topological polar surface area (TPSA) is 67.4 Å². The number of para-hydroxylation sites is 1. The van der Waals surface area contributed by atoms with E-state index in [1.165, 1.54) is 7.11 Å². The van der Waals surface area contributed by atoms with Crippen molar-refractivity contribution in [3.05, 3.63) is 65.7 Å². The van der Waals surface area contributed by atoms with E-state index in [2.05, 4.69) is 15.4 Å². The number of rotatable bonds is 4. The summed E-state index contributed by atoms with van der Waals surface area (Å²) >= 11 is 0. The van der Waals surface area contributed by atoms with Crippen molar-refractivity contribution in [3.63, 3.8) is 0 Å². The molecule has 0 saturated carbocycles. The summed E-state index contributed by atoms with van der Waals surface area (Å²) in [5.41, 5.74) is 2.11. The van der Waals surface area contributed by atoms with Gasteiger partial charge in [-0.1, -0.05) is 30.3 Å². The first-order chi connectivity index (χ1) is 10.2. The van der Waals surface area contributed by atoms with Crippen LogP contribution in [0, 0.1) is 0 Å². The summed E-state index contributed by atoms with van der Waals surface area (Å²) < 4.78 is 4.62. The number of methoxy groups -OCH3 is 1. The molecule has 0 atom stereocenters.